The van der Waals surface area contributed by atoms with Gasteiger partial charge in [0.15, 0.2) is 5.78 Å². The molecule has 0 fully saturated rings. The molecule has 0 atom stereocenters. The van der Waals surface area contributed by atoms with Crippen LogP contribution in [0.4, 0.5) is 0 Å². The Kier molecular flexibility index (Phi) is 4.81. The van der Waals surface area contributed by atoms with E-state index in [4.69, 9.17) is 5.11 Å². The maximum absolute atomic E-state index is 11.2. The summed E-state index contributed by atoms with van der Waals surface area (Å²) in [6.07, 6.45) is 9.78. The van der Waals surface area contributed by atoms with E-state index < -0.39 is 5.97 Å². The van der Waals surface area contributed by atoms with Crippen LogP contribution in [-0.2, 0) is 9.59 Å². The van der Waals surface area contributed by atoms with Crippen LogP contribution >= 0.6 is 0 Å². The van der Waals surface area contributed by atoms with Gasteiger partial charge in [-0.3, -0.25) is 9.59 Å². The maximum atomic E-state index is 11.2. The van der Waals surface area contributed by atoms with E-state index in [1.165, 1.54) is 0 Å². The molecule has 1 N–H and O–H groups in total. The Morgan fingerprint density at radius 1 is 1.47 bits per heavy atom. The quantitative estimate of drug-likeness (QED) is 0.539. The first-order valence-electron chi connectivity index (χ1n) is 5.29. The van der Waals surface area contributed by atoms with Crippen LogP contribution in [0.25, 0.3) is 0 Å². The molecule has 0 aromatic rings. The van der Waals surface area contributed by atoms with Crippen LogP contribution in [0.3, 0.4) is 0 Å². The highest BCUT2D eigenvalue weighted by molar-refractivity contribution is 5.97. The number of carboxylic acid groups (broad SMARTS) is 1. The Morgan fingerprint density at radius 3 is 2.87 bits per heavy atom. The second-order valence-corrected chi connectivity index (χ2v) is 3.65. The van der Waals surface area contributed by atoms with Gasteiger partial charge in [-0.2, -0.15) is 0 Å². The molecule has 0 aromatic carbocycles. The van der Waals surface area contributed by atoms with Gasteiger partial charge in [0.1, 0.15) is 0 Å². The van der Waals surface area contributed by atoms with E-state index in [-0.39, 0.29) is 12.2 Å². The van der Waals surface area contributed by atoms with Gasteiger partial charge in [-0.05, 0) is 31.3 Å². The number of ketones is 1. The minimum Gasteiger partial charge on any atom is -0.481 e. The molecule has 0 saturated heterocycles. The number of aliphatic carboxylic acids is 1. The lowest BCUT2D eigenvalue weighted by atomic mass is 10.1. The maximum Gasteiger partial charge on any atom is 0.303 e. The van der Waals surface area contributed by atoms with E-state index in [0.717, 1.165) is 18.4 Å². The fourth-order valence-corrected chi connectivity index (χ4v) is 1.55. The fraction of sp³-hybridized carbons (Fsp3) is 0.500. The Bertz CT molecular complexity index is 300. The molecule has 0 radical (unpaired) electrons. The smallest absolute Gasteiger partial charge is 0.303 e. The highest BCUT2D eigenvalue weighted by Gasteiger charge is 2.12. The standard InChI is InChI=1S/C12H16O3/c13-11-8-5-7-10(11)6-3-1-2-4-9-12(14)15/h1,3,7H,2,4-6,8-9H2,(H,14,15)/b3-1+. The number of carbonyl (C=O) groups excluding carboxylic acids is 1. The van der Waals surface area contributed by atoms with Gasteiger partial charge < -0.3 is 5.11 Å². The fourth-order valence-electron chi connectivity index (χ4n) is 1.55. The minimum absolute atomic E-state index is 0.214. The molecule has 0 bridgehead atoms. The molecule has 1 rings (SSSR count). The topological polar surface area (TPSA) is 54.4 Å². The number of carboxylic acids is 1. The molecular weight excluding hydrogens is 192 g/mol. The monoisotopic (exact) mass is 208 g/mol. The lowest BCUT2D eigenvalue weighted by Gasteiger charge is -1.94. The molecule has 1 aliphatic carbocycles. The van der Waals surface area contributed by atoms with Gasteiger partial charge in [0, 0.05) is 12.8 Å². The molecule has 1 aliphatic rings. The Hall–Kier alpha value is -1.38. The summed E-state index contributed by atoms with van der Waals surface area (Å²) in [6.45, 7) is 0. The molecular formula is C12H16O3. The summed E-state index contributed by atoms with van der Waals surface area (Å²) in [4.78, 5) is 21.4. The summed E-state index contributed by atoms with van der Waals surface area (Å²) in [5.74, 6) is -0.498. The predicted molar refractivity (Wildman–Crippen MR) is 57.6 cm³/mol. The van der Waals surface area contributed by atoms with Crippen LogP contribution < -0.4 is 0 Å². The normalized spacial score (nSPS) is 16.0. The molecule has 3 nitrogen and oxygen atoms in total. The molecule has 15 heavy (non-hydrogen) atoms. The Morgan fingerprint density at radius 2 is 2.27 bits per heavy atom. The van der Waals surface area contributed by atoms with Gasteiger partial charge in [0.25, 0.3) is 0 Å². The summed E-state index contributed by atoms with van der Waals surface area (Å²) in [7, 11) is 0. The lowest BCUT2D eigenvalue weighted by Crippen LogP contribution is -1.94. The lowest BCUT2D eigenvalue weighted by molar-refractivity contribution is -0.137. The van der Waals surface area contributed by atoms with E-state index in [2.05, 4.69) is 0 Å². The van der Waals surface area contributed by atoms with Crippen molar-refractivity contribution in [2.24, 2.45) is 0 Å². The van der Waals surface area contributed by atoms with Gasteiger partial charge in [-0.25, -0.2) is 0 Å². The largest absolute Gasteiger partial charge is 0.481 e. The van der Waals surface area contributed by atoms with E-state index in [1.54, 1.807) is 0 Å². The molecule has 0 spiro atoms. The number of rotatable bonds is 6. The molecule has 3 heteroatoms. The number of unbranched alkanes of at least 4 members (excludes halogenated alkanes) is 1. The first-order chi connectivity index (χ1) is 7.20. The molecule has 0 unspecified atom stereocenters. The van der Waals surface area contributed by atoms with Crippen molar-refractivity contribution in [1.29, 1.82) is 0 Å². The molecule has 0 aromatic heterocycles. The zero-order valence-electron chi connectivity index (χ0n) is 8.74. The van der Waals surface area contributed by atoms with E-state index in [0.29, 0.717) is 19.3 Å². The van der Waals surface area contributed by atoms with Gasteiger partial charge in [-0.1, -0.05) is 18.2 Å². The van der Waals surface area contributed by atoms with Crippen molar-refractivity contribution in [2.45, 2.75) is 38.5 Å². The third-order valence-electron chi connectivity index (χ3n) is 2.39. The predicted octanol–water partition coefficient (Wildman–Crippen LogP) is 2.48. The van der Waals surface area contributed by atoms with Crippen molar-refractivity contribution in [3.63, 3.8) is 0 Å². The summed E-state index contributed by atoms with van der Waals surface area (Å²) in [5, 5.41) is 8.40. The number of allylic oxidation sites excluding steroid dienone is 4. The first-order valence-corrected chi connectivity index (χ1v) is 5.29. The zero-order chi connectivity index (χ0) is 11.1. The zero-order valence-corrected chi connectivity index (χ0v) is 8.74. The number of carbonyl (C=O) groups is 2. The number of hydrogen-bond donors (Lipinski definition) is 1. The average Bonchev–Trinajstić information content (AvgIpc) is 2.57. The van der Waals surface area contributed by atoms with Crippen LogP contribution in [0.15, 0.2) is 23.8 Å². The SMILES string of the molecule is O=C(O)CCC/C=C/CC1=CCCC1=O. The van der Waals surface area contributed by atoms with E-state index in [9.17, 15) is 9.59 Å². The van der Waals surface area contributed by atoms with Crippen molar-refractivity contribution in [3.8, 4) is 0 Å². The van der Waals surface area contributed by atoms with Crippen molar-refractivity contribution in [2.75, 3.05) is 0 Å². The van der Waals surface area contributed by atoms with Crippen LogP contribution in [-0.4, -0.2) is 16.9 Å². The van der Waals surface area contributed by atoms with Crippen molar-refractivity contribution < 1.29 is 14.7 Å². The summed E-state index contributed by atoms with van der Waals surface area (Å²) in [5.41, 5.74) is 0.907. The molecule has 0 heterocycles. The van der Waals surface area contributed by atoms with E-state index in [1.807, 2.05) is 18.2 Å². The minimum atomic E-state index is -0.753. The molecule has 0 aliphatic heterocycles. The second-order valence-electron chi connectivity index (χ2n) is 3.65. The summed E-state index contributed by atoms with van der Waals surface area (Å²) >= 11 is 0. The van der Waals surface area contributed by atoms with Gasteiger partial charge in [0.05, 0.1) is 0 Å². The third kappa shape index (κ3) is 4.58. The number of hydrogen-bond acceptors (Lipinski definition) is 2. The highest BCUT2D eigenvalue weighted by atomic mass is 16.4. The van der Waals surface area contributed by atoms with Gasteiger partial charge in [-0.15, -0.1) is 0 Å². The molecule has 0 saturated carbocycles. The van der Waals surface area contributed by atoms with Crippen LogP contribution in [0.5, 0.6) is 0 Å². The van der Waals surface area contributed by atoms with Crippen molar-refractivity contribution in [1.82, 2.24) is 0 Å². The van der Waals surface area contributed by atoms with Crippen LogP contribution in [0, 0.1) is 0 Å². The van der Waals surface area contributed by atoms with Crippen molar-refractivity contribution >= 4 is 11.8 Å². The van der Waals surface area contributed by atoms with Crippen LogP contribution in [0.1, 0.15) is 38.5 Å². The summed E-state index contributed by atoms with van der Waals surface area (Å²) < 4.78 is 0. The first kappa shape index (κ1) is 11.7. The second kappa shape index (κ2) is 6.17. The summed E-state index contributed by atoms with van der Waals surface area (Å²) in [6, 6.07) is 0. The van der Waals surface area contributed by atoms with E-state index >= 15 is 0 Å². The van der Waals surface area contributed by atoms with Gasteiger partial charge in [0.2, 0.25) is 0 Å². The Balaban J connectivity index is 2.11. The van der Waals surface area contributed by atoms with Gasteiger partial charge >= 0.3 is 5.97 Å². The molecule has 82 valence electrons. The Labute approximate surface area is 89.5 Å². The van der Waals surface area contributed by atoms with Crippen LogP contribution in [0.2, 0.25) is 0 Å². The third-order valence-corrected chi connectivity index (χ3v) is 2.39. The molecule has 0 amide bonds. The average molecular weight is 208 g/mol. The number of Topliss-reactive ketones (excluding diaryl/α,β-unsaturated/α-hetero) is 1. The van der Waals surface area contributed by atoms with Crippen molar-refractivity contribution in [3.05, 3.63) is 23.8 Å². The highest BCUT2D eigenvalue weighted by Crippen LogP contribution is 2.17.